The van der Waals surface area contributed by atoms with Gasteiger partial charge in [-0.3, -0.25) is 4.79 Å². The normalized spacial score (nSPS) is 25.4. The van der Waals surface area contributed by atoms with Gasteiger partial charge < -0.3 is 8.92 Å². The highest BCUT2D eigenvalue weighted by Gasteiger charge is 2.40. The fourth-order valence-corrected chi connectivity index (χ4v) is 4.56. The van der Waals surface area contributed by atoms with Crippen molar-refractivity contribution in [2.75, 3.05) is 6.26 Å². The molecule has 1 aromatic rings. The molecule has 0 radical (unpaired) electrons. The summed E-state index contributed by atoms with van der Waals surface area (Å²) in [5.74, 6) is -0.101. The van der Waals surface area contributed by atoms with Crippen LogP contribution in [0, 0.1) is 17.8 Å². The predicted octanol–water partition coefficient (Wildman–Crippen LogP) is 3.74. The summed E-state index contributed by atoms with van der Waals surface area (Å²) in [5, 5.41) is 0.0115. The highest BCUT2D eigenvalue weighted by atomic mass is 35.5. The van der Waals surface area contributed by atoms with Crippen LogP contribution in [0.3, 0.4) is 0 Å². The van der Waals surface area contributed by atoms with E-state index in [1.165, 1.54) is 24.3 Å². The van der Waals surface area contributed by atoms with Crippen LogP contribution in [0.4, 0.5) is 0 Å². The summed E-state index contributed by atoms with van der Waals surface area (Å²) in [4.78, 5) is 24.8. The van der Waals surface area contributed by atoms with E-state index >= 15 is 0 Å². The fourth-order valence-electron chi connectivity index (χ4n) is 3.86. The maximum absolute atomic E-state index is 12.6. The Kier molecular flexibility index (Phi) is 5.63. The molecule has 1 fully saturated rings. The molecular formula is C19H21ClO6S. The second kappa shape index (κ2) is 7.64. The van der Waals surface area contributed by atoms with Crippen LogP contribution >= 0.6 is 11.6 Å². The Hall–Kier alpha value is -1.86. The van der Waals surface area contributed by atoms with Crippen molar-refractivity contribution >= 4 is 33.5 Å². The van der Waals surface area contributed by atoms with E-state index < -0.39 is 16.1 Å². The lowest BCUT2D eigenvalue weighted by Gasteiger charge is -2.38. The highest BCUT2D eigenvalue weighted by molar-refractivity contribution is 7.86. The molecule has 2 aliphatic rings. The van der Waals surface area contributed by atoms with Crippen LogP contribution < -0.4 is 4.18 Å². The molecule has 0 N–H and O–H groups in total. The van der Waals surface area contributed by atoms with E-state index in [4.69, 9.17) is 20.5 Å². The minimum atomic E-state index is -3.70. The molecule has 0 saturated heterocycles. The predicted molar refractivity (Wildman–Crippen MR) is 100 cm³/mol. The molecule has 3 unspecified atom stereocenters. The van der Waals surface area contributed by atoms with Gasteiger partial charge in [-0.05, 0) is 30.9 Å². The molecule has 146 valence electrons. The zero-order valence-electron chi connectivity index (χ0n) is 15.1. The first-order valence-electron chi connectivity index (χ1n) is 8.82. The molecule has 0 bridgehead atoms. The van der Waals surface area contributed by atoms with Crippen molar-refractivity contribution in [2.45, 2.75) is 32.6 Å². The Morgan fingerprint density at radius 3 is 2.59 bits per heavy atom. The third-order valence-corrected chi connectivity index (χ3v) is 5.99. The zero-order valence-corrected chi connectivity index (χ0v) is 16.7. The van der Waals surface area contributed by atoms with Gasteiger partial charge in [-0.15, -0.1) is 0 Å². The standard InChI is InChI=1S/C19H21ClO6S/c1-11-13-5-3-4-6-14(13)18(10-17(11)21)25-19(22)15-8-7-12(9-16(15)20)26-27(2,23)24/h7-11,13-14H,3-6H2,1-2H3. The fraction of sp³-hybridized carbons (Fsp3) is 0.474. The highest BCUT2D eigenvalue weighted by Crippen LogP contribution is 2.43. The van der Waals surface area contributed by atoms with Gasteiger partial charge in [0.15, 0.2) is 5.78 Å². The average molecular weight is 413 g/mol. The first kappa shape index (κ1) is 19.9. The van der Waals surface area contributed by atoms with Crippen molar-refractivity contribution in [3.05, 3.63) is 40.6 Å². The van der Waals surface area contributed by atoms with Crippen LogP contribution in [0.5, 0.6) is 5.75 Å². The Bertz CT molecular complexity index is 905. The Morgan fingerprint density at radius 1 is 1.22 bits per heavy atom. The van der Waals surface area contributed by atoms with E-state index in [1.54, 1.807) is 0 Å². The van der Waals surface area contributed by atoms with Crippen molar-refractivity contribution in [3.8, 4) is 5.75 Å². The number of carbonyl (C=O) groups is 2. The first-order valence-corrected chi connectivity index (χ1v) is 11.0. The maximum Gasteiger partial charge on any atom is 0.344 e. The number of hydrogen-bond acceptors (Lipinski definition) is 6. The molecule has 3 atom stereocenters. The van der Waals surface area contributed by atoms with E-state index in [2.05, 4.69) is 0 Å². The molecule has 3 rings (SSSR count). The van der Waals surface area contributed by atoms with Gasteiger partial charge in [-0.1, -0.05) is 31.4 Å². The summed E-state index contributed by atoms with van der Waals surface area (Å²) in [5.41, 5.74) is 0.0804. The lowest BCUT2D eigenvalue weighted by atomic mass is 9.68. The molecular weight excluding hydrogens is 392 g/mol. The molecule has 0 spiro atoms. The molecule has 0 aliphatic heterocycles. The van der Waals surface area contributed by atoms with Crippen molar-refractivity contribution in [1.29, 1.82) is 0 Å². The number of carbonyl (C=O) groups excluding carboxylic acids is 2. The van der Waals surface area contributed by atoms with Crippen molar-refractivity contribution < 1.29 is 26.9 Å². The minimum Gasteiger partial charge on any atom is -0.427 e. The summed E-state index contributed by atoms with van der Waals surface area (Å²) >= 11 is 6.10. The van der Waals surface area contributed by atoms with Gasteiger partial charge in [0.2, 0.25) is 0 Å². The topological polar surface area (TPSA) is 86.7 Å². The zero-order chi connectivity index (χ0) is 19.8. The smallest absolute Gasteiger partial charge is 0.344 e. The largest absolute Gasteiger partial charge is 0.427 e. The molecule has 2 aliphatic carbocycles. The summed E-state index contributed by atoms with van der Waals surface area (Å²) in [6, 6.07) is 3.91. The Balaban J connectivity index is 1.80. The number of rotatable bonds is 4. The maximum atomic E-state index is 12.6. The molecule has 27 heavy (non-hydrogen) atoms. The van der Waals surface area contributed by atoms with Gasteiger partial charge in [0.05, 0.1) is 16.8 Å². The lowest BCUT2D eigenvalue weighted by Crippen LogP contribution is -2.36. The van der Waals surface area contributed by atoms with Gasteiger partial charge in [0.1, 0.15) is 11.5 Å². The Morgan fingerprint density at radius 2 is 1.93 bits per heavy atom. The third-order valence-electron chi connectivity index (χ3n) is 5.18. The van der Waals surface area contributed by atoms with Crippen molar-refractivity contribution in [3.63, 3.8) is 0 Å². The van der Waals surface area contributed by atoms with Gasteiger partial charge in [-0.2, -0.15) is 8.42 Å². The summed E-state index contributed by atoms with van der Waals surface area (Å²) in [6.07, 6.45) is 6.30. The monoisotopic (exact) mass is 412 g/mol. The van der Waals surface area contributed by atoms with Crippen LogP contribution in [0.1, 0.15) is 43.0 Å². The number of halogens is 1. The third kappa shape index (κ3) is 4.52. The molecule has 0 heterocycles. The first-order chi connectivity index (χ1) is 12.7. The number of ketones is 1. The summed E-state index contributed by atoms with van der Waals surface area (Å²) in [6.45, 7) is 1.93. The average Bonchev–Trinajstić information content (AvgIpc) is 2.58. The number of allylic oxidation sites excluding steroid dienone is 2. The Labute approximate surface area is 163 Å². The van der Waals surface area contributed by atoms with Crippen LogP contribution in [-0.2, 0) is 19.6 Å². The van der Waals surface area contributed by atoms with Gasteiger partial charge in [-0.25, -0.2) is 4.79 Å². The second-order valence-corrected chi connectivity index (χ2v) is 9.09. The van der Waals surface area contributed by atoms with E-state index in [0.717, 1.165) is 31.9 Å². The van der Waals surface area contributed by atoms with E-state index in [1.807, 2.05) is 6.92 Å². The summed E-state index contributed by atoms with van der Waals surface area (Å²) in [7, 11) is -3.70. The van der Waals surface area contributed by atoms with Gasteiger partial charge in [0.25, 0.3) is 0 Å². The van der Waals surface area contributed by atoms with E-state index in [-0.39, 0.29) is 39.9 Å². The van der Waals surface area contributed by atoms with Crippen LogP contribution in [0.15, 0.2) is 30.0 Å². The van der Waals surface area contributed by atoms with Crippen molar-refractivity contribution in [1.82, 2.24) is 0 Å². The number of benzene rings is 1. The molecule has 8 heteroatoms. The minimum absolute atomic E-state index is 0.00674. The molecule has 1 aromatic carbocycles. The van der Waals surface area contributed by atoms with Gasteiger partial charge >= 0.3 is 16.1 Å². The molecule has 0 aromatic heterocycles. The summed E-state index contributed by atoms with van der Waals surface area (Å²) < 4.78 is 32.7. The van der Waals surface area contributed by atoms with E-state index in [9.17, 15) is 18.0 Å². The number of ether oxygens (including phenoxy) is 1. The van der Waals surface area contributed by atoms with Crippen LogP contribution in [0.2, 0.25) is 5.02 Å². The quantitative estimate of drug-likeness (QED) is 0.553. The van der Waals surface area contributed by atoms with Crippen LogP contribution in [-0.4, -0.2) is 26.4 Å². The van der Waals surface area contributed by atoms with Crippen molar-refractivity contribution in [2.24, 2.45) is 17.8 Å². The lowest BCUT2D eigenvalue weighted by molar-refractivity contribution is -0.121. The molecule has 0 amide bonds. The molecule has 1 saturated carbocycles. The SMILES string of the molecule is CC1C(=O)C=C(OC(=O)c2ccc(OS(C)(=O)=O)cc2Cl)C2CCCCC12. The number of esters is 1. The molecule has 6 nitrogen and oxygen atoms in total. The van der Waals surface area contributed by atoms with E-state index in [0.29, 0.717) is 5.76 Å². The second-order valence-electron chi connectivity index (χ2n) is 7.11. The van der Waals surface area contributed by atoms with Gasteiger partial charge in [0, 0.05) is 24.0 Å². The van der Waals surface area contributed by atoms with Crippen LogP contribution in [0.25, 0.3) is 0 Å². The number of hydrogen-bond donors (Lipinski definition) is 0. The number of fused-ring (bicyclic) bond motifs is 1.